The molecular formula is C20H20Cl2N2O5S. The Morgan fingerprint density at radius 1 is 0.900 bits per heavy atom. The first-order valence-electron chi connectivity index (χ1n) is 9.50. The minimum absolute atomic E-state index is 0.146. The molecule has 1 amide bonds. The van der Waals surface area contributed by atoms with Gasteiger partial charge in [-0.3, -0.25) is 4.79 Å². The van der Waals surface area contributed by atoms with Crippen LogP contribution in [-0.4, -0.2) is 62.9 Å². The molecule has 160 valence electrons. The summed E-state index contributed by atoms with van der Waals surface area (Å²) in [6.45, 7) is 1.92. The molecule has 0 aliphatic carbocycles. The Morgan fingerprint density at radius 3 is 2.30 bits per heavy atom. The first-order valence-corrected chi connectivity index (χ1v) is 11.7. The van der Waals surface area contributed by atoms with Crippen LogP contribution in [0.1, 0.15) is 16.8 Å². The van der Waals surface area contributed by atoms with Crippen molar-refractivity contribution in [3.8, 4) is 11.5 Å². The van der Waals surface area contributed by atoms with E-state index in [2.05, 4.69) is 0 Å². The summed E-state index contributed by atoms with van der Waals surface area (Å²) in [4.78, 5) is 14.5. The van der Waals surface area contributed by atoms with Crippen molar-refractivity contribution in [2.75, 3.05) is 39.4 Å². The van der Waals surface area contributed by atoms with E-state index in [1.165, 1.54) is 22.5 Å². The van der Waals surface area contributed by atoms with Crippen molar-refractivity contribution in [1.82, 2.24) is 9.21 Å². The minimum Gasteiger partial charge on any atom is -0.490 e. The zero-order chi connectivity index (χ0) is 21.3. The Bertz CT molecular complexity index is 1070. The van der Waals surface area contributed by atoms with Crippen LogP contribution in [0.25, 0.3) is 0 Å². The smallest absolute Gasteiger partial charge is 0.255 e. The predicted molar refractivity (Wildman–Crippen MR) is 113 cm³/mol. The third-order valence-corrected chi connectivity index (χ3v) is 7.49. The molecule has 2 aliphatic rings. The number of fused-ring (bicyclic) bond motifs is 1. The molecule has 1 fully saturated rings. The lowest BCUT2D eigenvalue weighted by atomic mass is 10.2. The lowest BCUT2D eigenvalue weighted by Crippen LogP contribution is -2.50. The molecule has 2 aromatic rings. The molecule has 1 saturated heterocycles. The number of nitrogens with zero attached hydrogens (tertiary/aromatic N) is 2. The van der Waals surface area contributed by atoms with Gasteiger partial charge in [-0.25, -0.2) is 8.42 Å². The largest absolute Gasteiger partial charge is 0.490 e. The van der Waals surface area contributed by atoms with Gasteiger partial charge in [0.2, 0.25) is 10.0 Å². The van der Waals surface area contributed by atoms with Crippen LogP contribution in [0.3, 0.4) is 0 Å². The topological polar surface area (TPSA) is 76.2 Å². The van der Waals surface area contributed by atoms with Crippen molar-refractivity contribution in [2.24, 2.45) is 0 Å². The summed E-state index contributed by atoms with van der Waals surface area (Å²) in [5.74, 6) is 0.728. The van der Waals surface area contributed by atoms with Crippen LogP contribution in [0, 0.1) is 0 Å². The van der Waals surface area contributed by atoms with Gasteiger partial charge in [0, 0.05) is 43.7 Å². The molecule has 2 heterocycles. The second-order valence-electron chi connectivity index (χ2n) is 6.98. The van der Waals surface area contributed by atoms with Gasteiger partial charge in [0.1, 0.15) is 0 Å². The van der Waals surface area contributed by atoms with Crippen LogP contribution in [0.4, 0.5) is 0 Å². The van der Waals surface area contributed by atoms with Crippen molar-refractivity contribution in [2.45, 2.75) is 11.3 Å². The quantitative estimate of drug-likeness (QED) is 0.687. The number of hydrogen-bond donors (Lipinski definition) is 0. The highest BCUT2D eigenvalue weighted by Gasteiger charge is 2.31. The number of hydrogen-bond acceptors (Lipinski definition) is 5. The van der Waals surface area contributed by atoms with Crippen LogP contribution < -0.4 is 9.47 Å². The summed E-state index contributed by atoms with van der Waals surface area (Å²) >= 11 is 12.0. The zero-order valence-electron chi connectivity index (χ0n) is 16.0. The summed E-state index contributed by atoms with van der Waals surface area (Å²) in [7, 11) is -3.72. The van der Waals surface area contributed by atoms with Crippen molar-refractivity contribution < 1.29 is 22.7 Å². The monoisotopic (exact) mass is 470 g/mol. The Labute approximate surface area is 185 Å². The highest BCUT2D eigenvalue weighted by molar-refractivity contribution is 7.89. The molecule has 4 rings (SSSR count). The van der Waals surface area contributed by atoms with E-state index in [1.807, 2.05) is 0 Å². The predicted octanol–water partition coefficient (Wildman–Crippen LogP) is 3.30. The molecule has 2 aromatic carbocycles. The summed E-state index contributed by atoms with van der Waals surface area (Å²) in [6.07, 6.45) is 0.740. The molecular weight excluding hydrogens is 451 g/mol. The van der Waals surface area contributed by atoms with Gasteiger partial charge in [-0.05, 0) is 30.3 Å². The van der Waals surface area contributed by atoms with E-state index >= 15 is 0 Å². The van der Waals surface area contributed by atoms with E-state index in [9.17, 15) is 13.2 Å². The Morgan fingerprint density at radius 2 is 1.60 bits per heavy atom. The standard InChI is InChI=1S/C20H20Cl2N2O5S/c21-14-2-4-16(17(22)12-14)20(25)23-6-8-24(9-7-23)30(26,27)15-3-5-18-19(13-15)29-11-1-10-28-18/h2-5,12-13H,1,6-11H2. The number of sulfonamides is 1. The maximum absolute atomic E-state index is 13.1. The van der Waals surface area contributed by atoms with E-state index in [0.717, 1.165) is 6.42 Å². The Balaban J connectivity index is 1.47. The van der Waals surface area contributed by atoms with Gasteiger partial charge >= 0.3 is 0 Å². The number of carbonyl (C=O) groups excluding carboxylic acids is 1. The Kier molecular flexibility index (Phi) is 6.11. The maximum atomic E-state index is 13.1. The number of piperazine rings is 1. The van der Waals surface area contributed by atoms with Gasteiger partial charge in [-0.15, -0.1) is 0 Å². The fraction of sp³-hybridized carbons (Fsp3) is 0.350. The van der Waals surface area contributed by atoms with Gasteiger partial charge in [0.05, 0.1) is 28.7 Å². The van der Waals surface area contributed by atoms with E-state index in [-0.39, 0.29) is 42.0 Å². The SMILES string of the molecule is O=C(c1ccc(Cl)cc1Cl)N1CCN(S(=O)(=O)c2ccc3c(c2)OCCCO3)CC1. The normalized spacial score (nSPS) is 17.5. The summed E-state index contributed by atoms with van der Waals surface area (Å²) < 4.78 is 38.7. The number of halogens is 2. The number of amides is 1. The van der Waals surface area contributed by atoms with Crippen molar-refractivity contribution >= 4 is 39.1 Å². The molecule has 7 nitrogen and oxygen atoms in total. The molecule has 0 unspecified atom stereocenters. The second-order valence-corrected chi connectivity index (χ2v) is 9.76. The van der Waals surface area contributed by atoms with Gasteiger partial charge < -0.3 is 14.4 Å². The van der Waals surface area contributed by atoms with Crippen LogP contribution in [0.15, 0.2) is 41.3 Å². The Hall–Kier alpha value is -2.00. The average Bonchev–Trinajstić information content (AvgIpc) is 2.98. The van der Waals surface area contributed by atoms with Crippen molar-refractivity contribution in [3.63, 3.8) is 0 Å². The molecule has 0 N–H and O–H groups in total. The summed E-state index contributed by atoms with van der Waals surface area (Å²) in [5.41, 5.74) is 0.347. The average molecular weight is 471 g/mol. The number of rotatable bonds is 3. The van der Waals surface area contributed by atoms with E-state index < -0.39 is 10.0 Å². The lowest BCUT2D eigenvalue weighted by molar-refractivity contribution is 0.0698. The molecule has 0 bridgehead atoms. The van der Waals surface area contributed by atoms with Crippen LogP contribution in [0.2, 0.25) is 10.0 Å². The molecule has 0 spiro atoms. The number of carbonyl (C=O) groups is 1. The van der Waals surface area contributed by atoms with Gasteiger partial charge in [0.15, 0.2) is 11.5 Å². The summed E-state index contributed by atoms with van der Waals surface area (Å²) in [5, 5.41) is 0.720. The third-order valence-electron chi connectivity index (χ3n) is 5.04. The van der Waals surface area contributed by atoms with Crippen LogP contribution in [0.5, 0.6) is 11.5 Å². The number of ether oxygens (including phenoxy) is 2. The first-order chi connectivity index (χ1) is 14.4. The molecule has 0 radical (unpaired) electrons. The van der Waals surface area contributed by atoms with E-state index in [0.29, 0.717) is 35.3 Å². The van der Waals surface area contributed by atoms with E-state index in [1.54, 1.807) is 23.1 Å². The molecule has 0 saturated carbocycles. The minimum atomic E-state index is -3.72. The lowest BCUT2D eigenvalue weighted by Gasteiger charge is -2.34. The third kappa shape index (κ3) is 4.23. The van der Waals surface area contributed by atoms with Crippen molar-refractivity contribution in [3.05, 3.63) is 52.0 Å². The molecule has 0 aromatic heterocycles. The van der Waals surface area contributed by atoms with Gasteiger partial charge in [-0.2, -0.15) is 4.31 Å². The molecule has 30 heavy (non-hydrogen) atoms. The second kappa shape index (κ2) is 8.63. The molecule has 2 aliphatic heterocycles. The zero-order valence-corrected chi connectivity index (χ0v) is 18.3. The molecule has 10 heteroatoms. The van der Waals surface area contributed by atoms with Crippen molar-refractivity contribution in [1.29, 1.82) is 0 Å². The van der Waals surface area contributed by atoms with Gasteiger partial charge in [0.25, 0.3) is 5.91 Å². The number of benzene rings is 2. The highest BCUT2D eigenvalue weighted by atomic mass is 35.5. The van der Waals surface area contributed by atoms with Crippen LogP contribution >= 0.6 is 23.2 Å². The van der Waals surface area contributed by atoms with Gasteiger partial charge in [-0.1, -0.05) is 23.2 Å². The first kappa shape index (κ1) is 21.2. The fourth-order valence-electron chi connectivity index (χ4n) is 3.42. The highest BCUT2D eigenvalue weighted by Crippen LogP contribution is 2.33. The fourth-order valence-corrected chi connectivity index (χ4v) is 5.35. The maximum Gasteiger partial charge on any atom is 0.255 e. The van der Waals surface area contributed by atoms with E-state index in [4.69, 9.17) is 32.7 Å². The summed E-state index contributed by atoms with van der Waals surface area (Å²) in [6, 6.07) is 9.34. The molecule has 0 atom stereocenters. The van der Waals surface area contributed by atoms with Crippen LogP contribution in [-0.2, 0) is 10.0 Å².